The second-order valence-electron chi connectivity index (χ2n) is 9.98. The molecule has 0 fully saturated rings. The van der Waals surface area contributed by atoms with Crippen LogP contribution in [0, 0.1) is 6.92 Å². The van der Waals surface area contributed by atoms with Gasteiger partial charge >= 0.3 is 0 Å². The molecule has 3 heteroatoms. The molecule has 2 aromatic carbocycles. The van der Waals surface area contributed by atoms with E-state index in [4.69, 9.17) is 0 Å². The largest absolute Gasteiger partial charge is 0.507 e. The summed E-state index contributed by atoms with van der Waals surface area (Å²) in [6.45, 7) is 19.6. The molecule has 0 saturated carbocycles. The molecule has 0 aliphatic heterocycles. The first kappa shape index (κ1) is 22.9. The summed E-state index contributed by atoms with van der Waals surface area (Å²) in [5, 5.41) is 13.6. The quantitative estimate of drug-likeness (QED) is 0.683. The first-order chi connectivity index (χ1) is 12.8. The predicted molar refractivity (Wildman–Crippen MR) is 126 cm³/mol. The van der Waals surface area contributed by atoms with E-state index in [1.54, 1.807) is 0 Å². The normalized spacial score (nSPS) is 13.1. The van der Waals surface area contributed by atoms with Gasteiger partial charge in [0.2, 0.25) is 0 Å². The molecule has 0 amide bonds. The Bertz CT molecular complexity index is 828. The molecule has 2 nitrogen and oxygen atoms in total. The standard InChI is InChI=1S/C25H38NOP/c1-10-26(9)16-18-13-11-12-17(2)23(18)28-21-15-19(24(3,4)5)14-20(22(21)27)25(6,7)8/h11-15,27-28H,10,16H2,1-9H3. The van der Waals surface area contributed by atoms with Crippen molar-refractivity contribution in [1.29, 1.82) is 0 Å². The zero-order valence-corrected chi connectivity index (χ0v) is 20.2. The maximum atomic E-state index is 11.2. The van der Waals surface area contributed by atoms with E-state index in [1.165, 1.54) is 22.0 Å². The third-order valence-electron chi connectivity index (χ3n) is 5.38. The van der Waals surface area contributed by atoms with E-state index in [2.05, 4.69) is 97.7 Å². The number of hydrogen-bond acceptors (Lipinski definition) is 2. The van der Waals surface area contributed by atoms with Crippen LogP contribution >= 0.6 is 8.58 Å². The second-order valence-corrected chi connectivity index (χ2v) is 11.3. The van der Waals surface area contributed by atoms with E-state index in [0.717, 1.165) is 24.0 Å². The molecule has 0 aliphatic carbocycles. The minimum atomic E-state index is -0.0957. The lowest BCUT2D eigenvalue weighted by atomic mass is 9.80. The highest BCUT2D eigenvalue weighted by molar-refractivity contribution is 7.56. The highest BCUT2D eigenvalue weighted by Gasteiger charge is 2.25. The van der Waals surface area contributed by atoms with Crippen LogP contribution in [0.2, 0.25) is 0 Å². The summed E-state index contributed by atoms with van der Waals surface area (Å²) < 4.78 is 0. The summed E-state index contributed by atoms with van der Waals surface area (Å²) in [6, 6.07) is 11.0. The Morgan fingerprint density at radius 3 is 2.18 bits per heavy atom. The Labute approximate surface area is 174 Å². The first-order valence-corrected chi connectivity index (χ1v) is 11.3. The number of phenolic OH excluding ortho intramolecular Hbond substituents is 1. The van der Waals surface area contributed by atoms with Gasteiger partial charge in [0, 0.05) is 17.4 Å². The van der Waals surface area contributed by atoms with Crippen molar-refractivity contribution in [2.45, 2.75) is 72.8 Å². The summed E-state index contributed by atoms with van der Waals surface area (Å²) in [6.07, 6.45) is 0. The maximum absolute atomic E-state index is 11.2. The topological polar surface area (TPSA) is 23.5 Å². The summed E-state index contributed by atoms with van der Waals surface area (Å²) in [4.78, 5) is 2.33. The smallest absolute Gasteiger partial charge is 0.127 e. The van der Waals surface area contributed by atoms with Gasteiger partial charge in [0.1, 0.15) is 5.75 Å². The Hall–Kier alpha value is -1.37. The summed E-state index contributed by atoms with van der Waals surface area (Å²) in [5.74, 6) is 0.469. The summed E-state index contributed by atoms with van der Waals surface area (Å²) in [7, 11) is 2.61. The van der Waals surface area contributed by atoms with Gasteiger partial charge in [0.15, 0.2) is 0 Å². The SMILES string of the molecule is CCN(C)Cc1cccc(C)c1Pc1cc(C(C)(C)C)cc(C(C)(C)C)c1O. The molecular formula is C25H38NOP. The lowest BCUT2D eigenvalue weighted by molar-refractivity contribution is 0.346. The Kier molecular flexibility index (Phi) is 7.00. The average Bonchev–Trinajstić information content (AvgIpc) is 2.57. The van der Waals surface area contributed by atoms with Gasteiger partial charge in [-0.3, -0.25) is 0 Å². The molecule has 28 heavy (non-hydrogen) atoms. The van der Waals surface area contributed by atoms with Crippen LogP contribution < -0.4 is 10.6 Å². The van der Waals surface area contributed by atoms with Crippen LogP contribution in [0.4, 0.5) is 0 Å². The third-order valence-corrected chi connectivity index (χ3v) is 7.00. The van der Waals surface area contributed by atoms with Crippen LogP contribution in [0.1, 0.15) is 70.7 Å². The maximum Gasteiger partial charge on any atom is 0.127 e. The second kappa shape index (κ2) is 8.56. The molecule has 2 rings (SSSR count). The van der Waals surface area contributed by atoms with Gasteiger partial charge in [0.05, 0.1) is 0 Å². The van der Waals surface area contributed by atoms with Crippen LogP contribution in [0.5, 0.6) is 5.75 Å². The molecule has 0 bridgehead atoms. The van der Waals surface area contributed by atoms with E-state index in [1.807, 2.05) is 0 Å². The van der Waals surface area contributed by atoms with Crippen LogP contribution in [0.25, 0.3) is 0 Å². The van der Waals surface area contributed by atoms with E-state index >= 15 is 0 Å². The fourth-order valence-electron chi connectivity index (χ4n) is 3.31. The van der Waals surface area contributed by atoms with E-state index < -0.39 is 0 Å². The van der Waals surface area contributed by atoms with E-state index in [-0.39, 0.29) is 10.8 Å². The Morgan fingerprint density at radius 1 is 1.00 bits per heavy atom. The van der Waals surface area contributed by atoms with Crippen molar-refractivity contribution in [2.75, 3.05) is 13.6 Å². The third kappa shape index (κ3) is 5.37. The van der Waals surface area contributed by atoms with Crippen LogP contribution in [0.3, 0.4) is 0 Å². The summed E-state index contributed by atoms with van der Waals surface area (Å²) in [5.41, 5.74) is 4.95. The molecule has 1 N–H and O–H groups in total. The molecule has 0 aliphatic rings. The zero-order valence-electron chi connectivity index (χ0n) is 19.2. The molecule has 0 heterocycles. The molecule has 0 aromatic heterocycles. The molecular weight excluding hydrogens is 361 g/mol. The zero-order chi connectivity index (χ0) is 21.3. The predicted octanol–water partition coefficient (Wildman–Crippen LogP) is 5.38. The van der Waals surface area contributed by atoms with Crippen LogP contribution in [-0.2, 0) is 17.4 Å². The van der Waals surface area contributed by atoms with Crippen molar-refractivity contribution in [2.24, 2.45) is 0 Å². The monoisotopic (exact) mass is 399 g/mol. The fourth-order valence-corrected chi connectivity index (χ4v) is 4.66. The minimum Gasteiger partial charge on any atom is -0.507 e. The number of benzene rings is 2. The van der Waals surface area contributed by atoms with Crippen molar-refractivity contribution in [3.8, 4) is 5.75 Å². The Morgan fingerprint density at radius 2 is 1.64 bits per heavy atom. The number of hydrogen-bond donors (Lipinski definition) is 1. The van der Waals surface area contributed by atoms with Crippen molar-refractivity contribution in [3.63, 3.8) is 0 Å². The minimum absolute atomic E-state index is 0.0456. The van der Waals surface area contributed by atoms with Gasteiger partial charge in [-0.05, 0) is 59.4 Å². The van der Waals surface area contributed by atoms with E-state index in [9.17, 15) is 5.11 Å². The lowest BCUT2D eigenvalue weighted by Gasteiger charge is -2.28. The van der Waals surface area contributed by atoms with Gasteiger partial charge in [-0.2, -0.15) is 0 Å². The molecule has 2 aromatic rings. The number of phenols is 1. The van der Waals surface area contributed by atoms with Crippen molar-refractivity contribution in [1.82, 2.24) is 4.90 Å². The molecule has 1 unspecified atom stereocenters. The molecule has 154 valence electrons. The highest BCUT2D eigenvalue weighted by Crippen LogP contribution is 2.36. The van der Waals surface area contributed by atoms with Crippen LogP contribution in [0.15, 0.2) is 30.3 Å². The van der Waals surface area contributed by atoms with Gasteiger partial charge in [-0.15, -0.1) is 0 Å². The van der Waals surface area contributed by atoms with Gasteiger partial charge in [-0.1, -0.05) is 81.3 Å². The van der Waals surface area contributed by atoms with Crippen molar-refractivity contribution < 1.29 is 5.11 Å². The van der Waals surface area contributed by atoms with E-state index in [0.29, 0.717) is 14.3 Å². The first-order valence-electron chi connectivity index (χ1n) is 10.3. The highest BCUT2D eigenvalue weighted by atomic mass is 31.1. The van der Waals surface area contributed by atoms with Crippen molar-refractivity contribution in [3.05, 3.63) is 52.6 Å². The summed E-state index contributed by atoms with van der Waals surface area (Å²) >= 11 is 0. The van der Waals surface area contributed by atoms with Gasteiger partial charge < -0.3 is 10.0 Å². The average molecular weight is 400 g/mol. The number of rotatable bonds is 5. The fraction of sp³-hybridized carbons (Fsp3) is 0.520. The number of aryl methyl sites for hydroxylation is 1. The molecule has 0 saturated heterocycles. The number of nitrogens with zero attached hydrogens (tertiary/aromatic N) is 1. The molecule has 1 atom stereocenters. The van der Waals surface area contributed by atoms with Gasteiger partial charge in [-0.25, -0.2) is 0 Å². The van der Waals surface area contributed by atoms with Crippen molar-refractivity contribution >= 4 is 19.2 Å². The van der Waals surface area contributed by atoms with Crippen LogP contribution in [-0.4, -0.2) is 23.6 Å². The molecule has 0 radical (unpaired) electrons. The lowest BCUT2D eigenvalue weighted by Crippen LogP contribution is -2.24. The Balaban J connectivity index is 2.61. The van der Waals surface area contributed by atoms with Gasteiger partial charge in [0.25, 0.3) is 0 Å². The number of aromatic hydroxyl groups is 1. The molecule has 0 spiro atoms.